The molecule has 2 heterocycles. The van der Waals surface area contributed by atoms with Crippen LogP contribution >= 0.6 is 11.8 Å². The van der Waals surface area contributed by atoms with Gasteiger partial charge in [0.2, 0.25) is 0 Å². The minimum Gasteiger partial charge on any atom is -0.451 e. The van der Waals surface area contributed by atoms with Gasteiger partial charge < -0.3 is 9.64 Å². The summed E-state index contributed by atoms with van der Waals surface area (Å²) in [7, 11) is 2.04. The predicted molar refractivity (Wildman–Crippen MR) is 101 cm³/mol. The minimum atomic E-state index is -0.642. The van der Waals surface area contributed by atoms with E-state index in [1.54, 1.807) is 11.8 Å². The van der Waals surface area contributed by atoms with E-state index in [1.807, 2.05) is 49.7 Å². The SMILES string of the molecule is C=C1/C=C\C=C/C/C=C\C2=C1N=CC1(O2)Sc2ccccc2N1C. The lowest BCUT2D eigenvalue weighted by molar-refractivity contribution is 0.151. The van der Waals surface area contributed by atoms with Crippen molar-refractivity contribution in [3.63, 3.8) is 0 Å². The van der Waals surface area contributed by atoms with Crippen molar-refractivity contribution in [1.29, 1.82) is 0 Å². The standard InChI is InChI=1S/C20H18N2OS/c1-15-10-6-4-3-5-7-12-17-19(15)21-14-20(23-17)22(2)16-11-8-9-13-18(16)24-20/h3-4,6-14H,1,5H2,2H3/b4-3-,10-6-,12-7-. The van der Waals surface area contributed by atoms with Crippen LogP contribution in [0, 0.1) is 0 Å². The molecule has 0 amide bonds. The molecule has 1 spiro atoms. The highest BCUT2D eigenvalue weighted by Crippen LogP contribution is 2.51. The maximum absolute atomic E-state index is 6.45. The fourth-order valence-electron chi connectivity index (χ4n) is 2.87. The van der Waals surface area contributed by atoms with Crippen LogP contribution in [-0.2, 0) is 4.74 Å². The van der Waals surface area contributed by atoms with Gasteiger partial charge in [-0.1, -0.05) is 49.1 Å². The average Bonchev–Trinajstić information content (AvgIpc) is 2.86. The zero-order valence-electron chi connectivity index (χ0n) is 13.5. The van der Waals surface area contributed by atoms with E-state index in [4.69, 9.17) is 9.73 Å². The zero-order chi connectivity index (χ0) is 16.6. The number of rotatable bonds is 0. The molecule has 24 heavy (non-hydrogen) atoms. The fourth-order valence-corrected chi connectivity index (χ4v) is 4.12. The van der Waals surface area contributed by atoms with Crippen LogP contribution in [0.3, 0.4) is 0 Å². The van der Waals surface area contributed by atoms with Crippen LogP contribution in [0.4, 0.5) is 5.69 Å². The van der Waals surface area contributed by atoms with E-state index in [0.29, 0.717) is 0 Å². The first-order chi connectivity index (χ1) is 11.7. The largest absolute Gasteiger partial charge is 0.451 e. The molecule has 0 aromatic heterocycles. The third kappa shape index (κ3) is 2.43. The third-order valence-corrected chi connectivity index (χ3v) is 5.51. The Hall–Kier alpha value is -2.46. The van der Waals surface area contributed by atoms with Crippen molar-refractivity contribution >= 4 is 23.7 Å². The van der Waals surface area contributed by atoms with Crippen LogP contribution in [0.2, 0.25) is 0 Å². The summed E-state index contributed by atoms with van der Waals surface area (Å²) in [6.07, 6.45) is 14.9. The van der Waals surface area contributed by atoms with Gasteiger partial charge in [-0.2, -0.15) is 0 Å². The van der Waals surface area contributed by atoms with Crippen LogP contribution in [0.15, 0.2) is 94.2 Å². The second kappa shape index (κ2) is 5.87. The van der Waals surface area contributed by atoms with Gasteiger partial charge in [0.1, 0.15) is 11.5 Å². The third-order valence-electron chi connectivity index (χ3n) is 4.19. The molecule has 3 nitrogen and oxygen atoms in total. The van der Waals surface area contributed by atoms with Crippen LogP contribution in [0.1, 0.15) is 6.42 Å². The van der Waals surface area contributed by atoms with E-state index in [2.05, 4.69) is 35.8 Å². The predicted octanol–water partition coefficient (Wildman–Crippen LogP) is 4.82. The lowest BCUT2D eigenvalue weighted by Gasteiger charge is -2.36. The molecule has 1 atom stereocenters. The smallest absolute Gasteiger partial charge is 0.272 e. The second-order valence-corrected chi connectivity index (χ2v) is 7.01. The van der Waals surface area contributed by atoms with Crippen molar-refractivity contribution in [3.05, 3.63) is 84.3 Å². The molecule has 0 N–H and O–H groups in total. The summed E-state index contributed by atoms with van der Waals surface area (Å²) in [5.41, 5.74) is 2.78. The molecule has 1 aliphatic carbocycles. The van der Waals surface area contributed by atoms with Gasteiger partial charge in [-0.25, -0.2) is 4.99 Å². The summed E-state index contributed by atoms with van der Waals surface area (Å²) >= 11 is 1.67. The monoisotopic (exact) mass is 334 g/mol. The molecule has 0 bridgehead atoms. The number of hydrogen-bond donors (Lipinski definition) is 0. The summed E-state index contributed by atoms with van der Waals surface area (Å²) in [6, 6.07) is 8.31. The first kappa shape index (κ1) is 15.1. The molecule has 2 aliphatic heterocycles. The van der Waals surface area contributed by atoms with Gasteiger partial charge >= 0.3 is 0 Å². The number of thioether (sulfide) groups is 1. The number of aliphatic imine (C=N–C) groups is 1. The lowest BCUT2D eigenvalue weighted by Crippen LogP contribution is -2.46. The second-order valence-electron chi connectivity index (χ2n) is 5.78. The Morgan fingerprint density at radius 1 is 1.21 bits per heavy atom. The molecule has 4 heteroatoms. The van der Waals surface area contributed by atoms with Crippen LogP contribution in [0.5, 0.6) is 0 Å². The number of ether oxygens (including phenoxy) is 1. The number of anilines is 1. The van der Waals surface area contributed by atoms with Gasteiger partial charge in [0.25, 0.3) is 5.06 Å². The number of allylic oxidation sites excluding steroid dienone is 6. The first-order valence-corrected chi connectivity index (χ1v) is 8.71. The van der Waals surface area contributed by atoms with E-state index >= 15 is 0 Å². The first-order valence-electron chi connectivity index (χ1n) is 7.89. The maximum Gasteiger partial charge on any atom is 0.272 e. The van der Waals surface area contributed by atoms with Crippen molar-refractivity contribution in [1.82, 2.24) is 0 Å². The number of hydrogen-bond acceptors (Lipinski definition) is 4. The molecule has 1 aromatic carbocycles. The molecule has 0 saturated heterocycles. The maximum atomic E-state index is 6.45. The molecule has 1 unspecified atom stereocenters. The minimum absolute atomic E-state index is 0.642. The van der Waals surface area contributed by atoms with Crippen molar-refractivity contribution < 1.29 is 4.74 Å². The van der Waals surface area contributed by atoms with Gasteiger partial charge in [0, 0.05) is 11.9 Å². The molecule has 3 aliphatic rings. The zero-order valence-corrected chi connectivity index (χ0v) is 14.3. The van der Waals surface area contributed by atoms with Crippen molar-refractivity contribution in [3.8, 4) is 0 Å². The molecule has 1 aromatic rings. The van der Waals surface area contributed by atoms with Gasteiger partial charge in [0.05, 0.1) is 11.9 Å². The molecule has 4 rings (SSSR count). The fraction of sp³-hybridized carbons (Fsp3) is 0.150. The number of benzene rings is 1. The van der Waals surface area contributed by atoms with Crippen LogP contribution in [0.25, 0.3) is 0 Å². The van der Waals surface area contributed by atoms with Crippen molar-refractivity contribution in [2.24, 2.45) is 4.99 Å². The van der Waals surface area contributed by atoms with Gasteiger partial charge in [-0.05, 0) is 42.0 Å². The Bertz CT molecular complexity index is 847. The van der Waals surface area contributed by atoms with Crippen LogP contribution < -0.4 is 4.90 Å². The Morgan fingerprint density at radius 3 is 2.96 bits per heavy atom. The summed E-state index contributed by atoms with van der Waals surface area (Å²) in [4.78, 5) is 8.04. The van der Waals surface area contributed by atoms with Gasteiger partial charge in [-0.3, -0.25) is 0 Å². The Kier molecular flexibility index (Phi) is 3.69. The molecule has 0 saturated carbocycles. The summed E-state index contributed by atoms with van der Waals surface area (Å²) in [6.45, 7) is 4.12. The highest BCUT2D eigenvalue weighted by molar-refractivity contribution is 8.01. The van der Waals surface area contributed by atoms with E-state index in [-0.39, 0.29) is 0 Å². The van der Waals surface area contributed by atoms with E-state index in [0.717, 1.165) is 29.1 Å². The molecular weight excluding hydrogens is 316 g/mol. The number of nitrogens with zero attached hydrogens (tertiary/aromatic N) is 2. The Labute approximate surface area is 146 Å². The Balaban J connectivity index is 1.72. The summed E-state index contributed by atoms with van der Waals surface area (Å²) < 4.78 is 6.45. The van der Waals surface area contributed by atoms with Crippen LogP contribution in [-0.4, -0.2) is 18.3 Å². The Morgan fingerprint density at radius 2 is 2.08 bits per heavy atom. The molecule has 120 valence electrons. The quantitative estimate of drug-likeness (QED) is 0.680. The highest BCUT2D eigenvalue weighted by atomic mass is 32.2. The normalized spacial score (nSPS) is 29.0. The highest BCUT2D eigenvalue weighted by Gasteiger charge is 2.46. The van der Waals surface area contributed by atoms with Crippen molar-refractivity contribution in [2.45, 2.75) is 16.4 Å². The van der Waals surface area contributed by atoms with Gasteiger partial charge in [0.15, 0.2) is 0 Å². The van der Waals surface area contributed by atoms with Gasteiger partial charge in [-0.15, -0.1) is 0 Å². The molecule has 0 fully saturated rings. The number of para-hydroxylation sites is 1. The summed E-state index contributed by atoms with van der Waals surface area (Å²) in [5, 5.41) is -0.642. The van der Waals surface area contributed by atoms with E-state index in [1.165, 1.54) is 4.90 Å². The average molecular weight is 334 g/mol. The molecular formula is C20H18N2OS. The van der Waals surface area contributed by atoms with Crippen molar-refractivity contribution in [2.75, 3.05) is 11.9 Å². The topological polar surface area (TPSA) is 24.8 Å². The lowest BCUT2D eigenvalue weighted by atomic mass is 10.1. The van der Waals surface area contributed by atoms with E-state index in [9.17, 15) is 0 Å². The summed E-state index contributed by atoms with van der Waals surface area (Å²) in [5.74, 6) is 0.759. The molecule has 0 radical (unpaired) electrons. The van der Waals surface area contributed by atoms with E-state index < -0.39 is 5.06 Å². The number of fused-ring (bicyclic) bond motifs is 1.